The Morgan fingerprint density at radius 3 is 2.36 bits per heavy atom. The Morgan fingerprint density at radius 2 is 1.64 bits per heavy atom. The van der Waals surface area contributed by atoms with Crippen LogP contribution in [0.25, 0.3) is 0 Å². The molecular formula is C21H28FN2P. The van der Waals surface area contributed by atoms with Crippen molar-refractivity contribution in [1.29, 1.82) is 0 Å². The molecule has 1 heterocycles. The van der Waals surface area contributed by atoms with Gasteiger partial charge in [-0.2, -0.15) is 0 Å². The van der Waals surface area contributed by atoms with E-state index in [0.717, 1.165) is 32.3 Å². The second-order valence-corrected chi connectivity index (χ2v) is 7.31. The van der Waals surface area contributed by atoms with Gasteiger partial charge in [-0.15, -0.1) is 9.24 Å². The SMILES string of the molecule is Fc1ccc(CC2CCCCN2CNCc2ccc(CP)cc2)cc1. The van der Waals surface area contributed by atoms with Gasteiger partial charge in [-0.3, -0.25) is 4.90 Å². The fraction of sp³-hybridized carbons (Fsp3) is 0.429. The lowest BCUT2D eigenvalue weighted by Crippen LogP contribution is -2.45. The van der Waals surface area contributed by atoms with Gasteiger partial charge in [0.15, 0.2) is 0 Å². The average molecular weight is 358 g/mol. The first-order valence-corrected chi connectivity index (χ1v) is 10.0. The second kappa shape index (κ2) is 9.43. The number of benzene rings is 2. The van der Waals surface area contributed by atoms with Gasteiger partial charge < -0.3 is 5.32 Å². The highest BCUT2D eigenvalue weighted by atomic mass is 31.0. The summed E-state index contributed by atoms with van der Waals surface area (Å²) in [6.45, 7) is 2.96. The van der Waals surface area contributed by atoms with E-state index in [0.29, 0.717) is 6.04 Å². The highest BCUT2D eigenvalue weighted by Gasteiger charge is 2.22. The molecule has 0 bridgehead atoms. The van der Waals surface area contributed by atoms with Crippen LogP contribution in [0, 0.1) is 5.82 Å². The van der Waals surface area contributed by atoms with Gasteiger partial charge in [-0.1, -0.05) is 42.8 Å². The highest BCUT2D eigenvalue weighted by Crippen LogP contribution is 2.20. The van der Waals surface area contributed by atoms with Crippen molar-refractivity contribution in [3.8, 4) is 0 Å². The molecule has 0 aliphatic carbocycles. The maximum atomic E-state index is 13.1. The van der Waals surface area contributed by atoms with Crippen LogP contribution in [0.5, 0.6) is 0 Å². The van der Waals surface area contributed by atoms with Crippen LogP contribution < -0.4 is 5.32 Å². The molecule has 1 aliphatic rings. The zero-order valence-electron chi connectivity index (χ0n) is 14.8. The third-order valence-electron chi connectivity index (χ3n) is 5.04. The smallest absolute Gasteiger partial charge is 0.123 e. The second-order valence-electron chi connectivity index (χ2n) is 6.90. The van der Waals surface area contributed by atoms with Gasteiger partial charge in [0.1, 0.15) is 5.82 Å². The number of rotatable bonds is 7. The standard InChI is InChI=1S/C21H28FN2P/c22-20-10-8-17(9-11-20)13-21-3-1-2-12-24(21)16-23-14-18-4-6-19(15-25)7-5-18/h4-11,21,23H,1-3,12-16,25H2. The molecule has 0 radical (unpaired) electrons. The van der Waals surface area contributed by atoms with Gasteiger partial charge in [0.25, 0.3) is 0 Å². The van der Waals surface area contributed by atoms with Crippen molar-refractivity contribution in [1.82, 2.24) is 10.2 Å². The largest absolute Gasteiger partial charge is 0.300 e. The molecule has 2 atom stereocenters. The Labute approximate surface area is 153 Å². The van der Waals surface area contributed by atoms with Crippen LogP contribution in [0.15, 0.2) is 48.5 Å². The molecule has 25 heavy (non-hydrogen) atoms. The summed E-state index contributed by atoms with van der Waals surface area (Å²) < 4.78 is 13.1. The van der Waals surface area contributed by atoms with Crippen molar-refractivity contribution < 1.29 is 4.39 Å². The van der Waals surface area contributed by atoms with Gasteiger partial charge in [-0.25, -0.2) is 4.39 Å². The molecule has 1 aliphatic heterocycles. The van der Waals surface area contributed by atoms with Gasteiger partial charge in [0.05, 0.1) is 0 Å². The third kappa shape index (κ3) is 5.60. The summed E-state index contributed by atoms with van der Waals surface area (Å²) in [6, 6.07) is 16.3. The van der Waals surface area contributed by atoms with E-state index in [2.05, 4.69) is 43.7 Å². The van der Waals surface area contributed by atoms with Crippen molar-refractivity contribution in [2.24, 2.45) is 0 Å². The summed E-state index contributed by atoms with van der Waals surface area (Å²) in [5.74, 6) is -0.154. The Morgan fingerprint density at radius 1 is 0.960 bits per heavy atom. The van der Waals surface area contributed by atoms with E-state index in [4.69, 9.17) is 0 Å². The zero-order chi connectivity index (χ0) is 17.5. The van der Waals surface area contributed by atoms with E-state index in [1.54, 1.807) is 12.1 Å². The predicted octanol–water partition coefficient (Wildman–Crippen LogP) is 4.35. The molecule has 1 saturated heterocycles. The molecule has 2 aromatic carbocycles. The summed E-state index contributed by atoms with van der Waals surface area (Å²) in [5.41, 5.74) is 3.91. The van der Waals surface area contributed by atoms with Crippen molar-refractivity contribution in [2.75, 3.05) is 13.2 Å². The van der Waals surface area contributed by atoms with E-state index < -0.39 is 0 Å². The van der Waals surface area contributed by atoms with Crippen LogP contribution in [0.2, 0.25) is 0 Å². The van der Waals surface area contributed by atoms with Crippen LogP contribution in [0.4, 0.5) is 4.39 Å². The molecule has 2 aromatic rings. The summed E-state index contributed by atoms with van der Waals surface area (Å²) in [6.07, 6.45) is 5.79. The molecule has 0 spiro atoms. The Balaban J connectivity index is 1.51. The lowest BCUT2D eigenvalue weighted by molar-refractivity contribution is 0.135. The number of hydrogen-bond acceptors (Lipinski definition) is 2. The molecule has 4 heteroatoms. The molecule has 2 unspecified atom stereocenters. The van der Waals surface area contributed by atoms with Gasteiger partial charge in [-0.05, 0) is 60.8 Å². The predicted molar refractivity (Wildman–Crippen MR) is 106 cm³/mol. The fourth-order valence-electron chi connectivity index (χ4n) is 3.53. The van der Waals surface area contributed by atoms with Crippen molar-refractivity contribution in [3.63, 3.8) is 0 Å². The molecule has 1 fully saturated rings. The zero-order valence-corrected chi connectivity index (χ0v) is 15.9. The van der Waals surface area contributed by atoms with E-state index in [1.807, 2.05) is 12.1 Å². The molecule has 1 N–H and O–H groups in total. The first-order chi connectivity index (χ1) is 12.2. The summed E-state index contributed by atoms with van der Waals surface area (Å²) >= 11 is 0. The van der Waals surface area contributed by atoms with Gasteiger partial charge in [0, 0.05) is 19.3 Å². The highest BCUT2D eigenvalue weighted by molar-refractivity contribution is 7.15. The van der Waals surface area contributed by atoms with E-state index >= 15 is 0 Å². The minimum absolute atomic E-state index is 0.154. The Bertz CT molecular complexity index is 642. The fourth-order valence-corrected chi connectivity index (χ4v) is 3.80. The molecule has 0 aromatic heterocycles. The van der Waals surface area contributed by atoms with Gasteiger partial charge in [0.2, 0.25) is 0 Å². The first-order valence-electron chi connectivity index (χ1n) is 9.21. The molecule has 3 rings (SSSR count). The number of nitrogens with one attached hydrogen (secondary N) is 1. The summed E-state index contributed by atoms with van der Waals surface area (Å²) in [4.78, 5) is 2.55. The Hall–Kier alpha value is -1.28. The molecule has 2 nitrogen and oxygen atoms in total. The monoisotopic (exact) mass is 358 g/mol. The quantitative estimate of drug-likeness (QED) is 0.741. The first kappa shape index (κ1) is 18.5. The van der Waals surface area contributed by atoms with E-state index in [1.165, 1.54) is 36.0 Å². The van der Waals surface area contributed by atoms with Crippen LogP contribution in [0.1, 0.15) is 36.0 Å². The minimum atomic E-state index is -0.154. The van der Waals surface area contributed by atoms with E-state index in [-0.39, 0.29) is 5.82 Å². The number of likely N-dealkylation sites (tertiary alicyclic amines) is 1. The molecule has 134 valence electrons. The minimum Gasteiger partial charge on any atom is -0.300 e. The molecule has 0 saturated carbocycles. The van der Waals surface area contributed by atoms with Crippen LogP contribution >= 0.6 is 9.24 Å². The lowest BCUT2D eigenvalue weighted by Gasteiger charge is -2.36. The van der Waals surface area contributed by atoms with Crippen molar-refractivity contribution >= 4 is 9.24 Å². The third-order valence-corrected chi connectivity index (χ3v) is 5.51. The Kier molecular flexibility index (Phi) is 6.98. The van der Waals surface area contributed by atoms with E-state index in [9.17, 15) is 4.39 Å². The van der Waals surface area contributed by atoms with Gasteiger partial charge >= 0.3 is 0 Å². The summed E-state index contributed by atoms with van der Waals surface area (Å²) in [5, 5.41) is 3.59. The molecular weight excluding hydrogens is 330 g/mol. The van der Waals surface area contributed by atoms with Crippen LogP contribution in [-0.4, -0.2) is 24.2 Å². The van der Waals surface area contributed by atoms with Crippen LogP contribution in [-0.2, 0) is 19.1 Å². The van der Waals surface area contributed by atoms with Crippen LogP contribution in [0.3, 0.4) is 0 Å². The summed E-state index contributed by atoms with van der Waals surface area (Å²) in [7, 11) is 2.76. The number of halogens is 1. The van der Waals surface area contributed by atoms with Crippen molar-refractivity contribution in [2.45, 2.75) is 44.4 Å². The molecule has 0 amide bonds. The normalized spacial score (nSPS) is 18.4. The maximum absolute atomic E-state index is 13.1. The number of hydrogen-bond donors (Lipinski definition) is 1. The lowest BCUT2D eigenvalue weighted by atomic mass is 9.96. The topological polar surface area (TPSA) is 15.3 Å². The number of nitrogens with zero attached hydrogens (tertiary/aromatic N) is 1. The van der Waals surface area contributed by atoms with Crippen molar-refractivity contribution in [3.05, 3.63) is 71.0 Å². The maximum Gasteiger partial charge on any atom is 0.123 e. The average Bonchev–Trinajstić information content (AvgIpc) is 2.65. The number of piperidine rings is 1.